The molecule has 2 saturated heterocycles. The highest BCUT2D eigenvalue weighted by Gasteiger charge is 2.44. The summed E-state index contributed by atoms with van der Waals surface area (Å²) in [6.45, 7) is 2.22. The number of ether oxygens (including phenoxy) is 1. The minimum atomic E-state index is -0.533. The lowest BCUT2D eigenvalue weighted by molar-refractivity contribution is -0.133. The molecular weight excluding hydrogens is 349 g/mol. The van der Waals surface area contributed by atoms with Gasteiger partial charge in [0.1, 0.15) is 17.6 Å². The second kappa shape index (κ2) is 6.80. The number of anilines is 1. The van der Waals surface area contributed by atoms with Gasteiger partial charge in [0.05, 0.1) is 6.61 Å². The van der Waals surface area contributed by atoms with Crippen molar-refractivity contribution in [2.45, 2.75) is 37.1 Å². The van der Waals surface area contributed by atoms with Gasteiger partial charge < -0.3 is 15.4 Å². The first-order valence-electron chi connectivity index (χ1n) is 8.35. The summed E-state index contributed by atoms with van der Waals surface area (Å²) < 4.78 is 20.6. The quantitative estimate of drug-likeness (QED) is 0.688. The molecule has 1 aromatic carbocycles. The molecule has 3 N–H and O–H groups in total. The molecule has 3 heterocycles. The van der Waals surface area contributed by atoms with Crippen LogP contribution in [0.2, 0.25) is 0 Å². The Morgan fingerprint density at radius 3 is 2.72 bits per heavy atom. The molecule has 0 radical (unpaired) electrons. The smallest absolute Gasteiger partial charge is 0.249 e. The van der Waals surface area contributed by atoms with E-state index >= 15 is 0 Å². The first-order valence-corrected chi connectivity index (χ1v) is 8.35. The Kier molecular flexibility index (Phi) is 4.88. The van der Waals surface area contributed by atoms with Gasteiger partial charge in [0.2, 0.25) is 11.8 Å². The van der Waals surface area contributed by atoms with E-state index in [9.17, 15) is 14.0 Å². The summed E-state index contributed by atoms with van der Waals surface area (Å²) >= 11 is 0. The molecule has 8 heteroatoms. The number of piperidine rings is 2. The molecule has 1 spiro atoms. The molecule has 2 amide bonds. The molecule has 2 fully saturated rings. The Bertz CT molecular complexity index is 707. The first kappa shape index (κ1) is 17.9. The molecular formula is C17H21ClFN3O3. The lowest BCUT2D eigenvalue weighted by Gasteiger charge is -2.32. The zero-order valence-corrected chi connectivity index (χ0v) is 14.5. The average molecular weight is 370 g/mol. The van der Waals surface area contributed by atoms with Crippen molar-refractivity contribution in [3.8, 4) is 5.75 Å². The van der Waals surface area contributed by atoms with Crippen molar-refractivity contribution in [3.05, 3.63) is 23.5 Å². The van der Waals surface area contributed by atoms with Crippen LogP contribution in [0, 0.1) is 5.82 Å². The maximum atomic E-state index is 14.8. The van der Waals surface area contributed by atoms with Crippen LogP contribution in [0.25, 0.3) is 0 Å². The van der Waals surface area contributed by atoms with Crippen molar-refractivity contribution in [3.63, 3.8) is 0 Å². The molecule has 0 saturated carbocycles. The van der Waals surface area contributed by atoms with Gasteiger partial charge in [-0.2, -0.15) is 0 Å². The minimum absolute atomic E-state index is 0. The monoisotopic (exact) mass is 369 g/mol. The Balaban J connectivity index is 0.00000182. The van der Waals surface area contributed by atoms with Crippen LogP contribution in [-0.4, -0.2) is 37.6 Å². The molecule has 0 bridgehead atoms. The fourth-order valence-corrected chi connectivity index (χ4v) is 3.91. The van der Waals surface area contributed by atoms with E-state index in [1.165, 1.54) is 6.07 Å². The Hall–Kier alpha value is -1.86. The third kappa shape index (κ3) is 3.18. The van der Waals surface area contributed by atoms with Crippen LogP contribution in [0.4, 0.5) is 10.1 Å². The minimum Gasteiger partial charge on any atom is -0.492 e. The number of benzene rings is 1. The first-order chi connectivity index (χ1) is 11.6. The predicted octanol–water partition coefficient (Wildman–Crippen LogP) is 1.48. The summed E-state index contributed by atoms with van der Waals surface area (Å²) in [4.78, 5) is 23.0. The number of amides is 2. The van der Waals surface area contributed by atoms with Crippen LogP contribution in [0.1, 0.15) is 31.2 Å². The molecule has 1 atom stereocenters. The second-order valence-electron chi connectivity index (χ2n) is 6.80. The van der Waals surface area contributed by atoms with Gasteiger partial charge in [0.15, 0.2) is 0 Å². The third-order valence-electron chi connectivity index (χ3n) is 5.23. The Labute approximate surface area is 151 Å². The topological polar surface area (TPSA) is 79.5 Å². The number of fused-ring (bicyclic) bond motifs is 2. The van der Waals surface area contributed by atoms with Crippen LogP contribution in [0.3, 0.4) is 0 Å². The van der Waals surface area contributed by atoms with Crippen LogP contribution in [-0.2, 0) is 15.0 Å². The van der Waals surface area contributed by atoms with Crippen molar-refractivity contribution in [2.75, 3.05) is 25.0 Å². The molecule has 136 valence electrons. The normalized spacial score (nSPS) is 24.1. The SMILES string of the molecule is Cl.O=C1CCC(Nc2cc(F)c3c(c2)OCC32CCNCC2)C(=O)N1. The Morgan fingerprint density at radius 1 is 1.24 bits per heavy atom. The molecule has 4 rings (SSSR count). The van der Waals surface area contributed by atoms with Crippen LogP contribution < -0.4 is 20.7 Å². The van der Waals surface area contributed by atoms with Gasteiger partial charge in [-0.3, -0.25) is 14.9 Å². The van der Waals surface area contributed by atoms with E-state index in [0.717, 1.165) is 25.9 Å². The fourth-order valence-electron chi connectivity index (χ4n) is 3.91. The van der Waals surface area contributed by atoms with Crippen molar-refractivity contribution >= 4 is 29.9 Å². The van der Waals surface area contributed by atoms with Crippen LogP contribution in [0.5, 0.6) is 5.75 Å². The summed E-state index contributed by atoms with van der Waals surface area (Å²) in [5.74, 6) is -0.370. The molecule has 3 aliphatic rings. The van der Waals surface area contributed by atoms with Gasteiger partial charge >= 0.3 is 0 Å². The van der Waals surface area contributed by atoms with E-state index in [-0.39, 0.29) is 41.9 Å². The molecule has 0 aliphatic carbocycles. The standard InChI is InChI=1S/C17H20FN3O3.ClH/c18-11-7-10(20-12-1-2-14(22)21-16(12)23)8-13-15(11)17(9-24-13)3-5-19-6-4-17;/h7-8,12,19-20H,1-6,9H2,(H,21,22,23);1H. The van der Waals surface area contributed by atoms with Gasteiger partial charge in [-0.25, -0.2) is 4.39 Å². The highest BCUT2D eigenvalue weighted by atomic mass is 35.5. The zero-order chi connectivity index (χ0) is 16.7. The van der Waals surface area contributed by atoms with Crippen LogP contribution >= 0.6 is 12.4 Å². The summed E-state index contributed by atoms with van der Waals surface area (Å²) in [6.07, 6.45) is 2.40. The summed E-state index contributed by atoms with van der Waals surface area (Å²) in [6, 6.07) is 2.66. The van der Waals surface area contributed by atoms with E-state index in [1.54, 1.807) is 6.07 Å². The van der Waals surface area contributed by atoms with Crippen LogP contribution in [0.15, 0.2) is 12.1 Å². The number of hydrogen-bond acceptors (Lipinski definition) is 5. The maximum Gasteiger partial charge on any atom is 0.249 e. The molecule has 25 heavy (non-hydrogen) atoms. The average Bonchev–Trinajstić information content (AvgIpc) is 2.89. The molecule has 6 nitrogen and oxygen atoms in total. The Morgan fingerprint density at radius 2 is 2.00 bits per heavy atom. The van der Waals surface area contributed by atoms with Gasteiger partial charge in [0, 0.05) is 29.2 Å². The van der Waals surface area contributed by atoms with Gasteiger partial charge in [-0.15, -0.1) is 12.4 Å². The van der Waals surface area contributed by atoms with Crippen molar-refractivity contribution in [1.82, 2.24) is 10.6 Å². The van der Waals surface area contributed by atoms with E-state index in [2.05, 4.69) is 16.0 Å². The predicted molar refractivity (Wildman–Crippen MR) is 92.7 cm³/mol. The van der Waals surface area contributed by atoms with E-state index in [1.807, 2.05) is 0 Å². The number of carbonyl (C=O) groups excluding carboxylic acids is 2. The number of carbonyl (C=O) groups is 2. The lowest BCUT2D eigenvalue weighted by Crippen LogP contribution is -2.47. The highest BCUT2D eigenvalue weighted by Crippen LogP contribution is 2.47. The molecule has 1 unspecified atom stereocenters. The number of hydrogen-bond donors (Lipinski definition) is 3. The maximum absolute atomic E-state index is 14.8. The summed E-state index contributed by atoms with van der Waals surface area (Å²) in [5.41, 5.74) is 0.933. The van der Waals surface area contributed by atoms with Gasteiger partial charge in [-0.1, -0.05) is 0 Å². The van der Waals surface area contributed by atoms with Gasteiger partial charge in [0.25, 0.3) is 0 Å². The van der Waals surface area contributed by atoms with Gasteiger partial charge in [-0.05, 0) is 38.4 Å². The molecule has 1 aromatic rings. The molecule has 3 aliphatic heterocycles. The van der Waals surface area contributed by atoms with E-state index in [4.69, 9.17) is 4.74 Å². The largest absolute Gasteiger partial charge is 0.492 e. The van der Waals surface area contributed by atoms with Crippen molar-refractivity contribution < 1.29 is 18.7 Å². The molecule has 0 aromatic heterocycles. The third-order valence-corrected chi connectivity index (χ3v) is 5.23. The lowest BCUT2D eigenvalue weighted by atomic mass is 9.74. The van der Waals surface area contributed by atoms with E-state index < -0.39 is 6.04 Å². The van der Waals surface area contributed by atoms with E-state index in [0.29, 0.717) is 30.0 Å². The number of imide groups is 1. The van der Waals surface area contributed by atoms with Crippen molar-refractivity contribution in [2.24, 2.45) is 0 Å². The zero-order valence-electron chi connectivity index (χ0n) is 13.7. The number of nitrogens with one attached hydrogen (secondary N) is 3. The number of halogens is 2. The fraction of sp³-hybridized carbons (Fsp3) is 0.529. The van der Waals surface area contributed by atoms with Crippen molar-refractivity contribution in [1.29, 1.82) is 0 Å². The number of rotatable bonds is 2. The second-order valence-corrected chi connectivity index (χ2v) is 6.80. The summed E-state index contributed by atoms with van der Waals surface area (Å²) in [5, 5.41) is 8.61. The summed E-state index contributed by atoms with van der Waals surface area (Å²) in [7, 11) is 0. The highest BCUT2D eigenvalue weighted by molar-refractivity contribution is 6.01.